The van der Waals surface area contributed by atoms with Crippen molar-refractivity contribution in [3.63, 3.8) is 0 Å². The van der Waals surface area contributed by atoms with E-state index in [1.54, 1.807) is 0 Å². The van der Waals surface area contributed by atoms with Gasteiger partial charge in [-0.1, -0.05) is 13.8 Å². The minimum atomic E-state index is 0.329. The summed E-state index contributed by atoms with van der Waals surface area (Å²) >= 11 is 5.74. The molecule has 0 amide bonds. The topological polar surface area (TPSA) is 12.0 Å². The Kier molecular flexibility index (Phi) is 2.02. The number of halogens is 1. The molecule has 0 aliphatic heterocycles. The molecule has 1 rings (SSSR count). The Morgan fingerprint density at radius 1 is 1.56 bits per heavy atom. The van der Waals surface area contributed by atoms with Gasteiger partial charge in [-0.2, -0.15) is 0 Å². The van der Waals surface area contributed by atoms with E-state index in [1.807, 2.05) is 0 Å². The summed E-state index contributed by atoms with van der Waals surface area (Å²) in [5.41, 5.74) is 0.329. The molecule has 0 spiro atoms. The summed E-state index contributed by atoms with van der Waals surface area (Å²) in [5.74, 6) is 0.769. The molecule has 0 bridgehead atoms. The van der Waals surface area contributed by atoms with Crippen LogP contribution in [0.1, 0.15) is 26.7 Å². The molecule has 9 heavy (non-hydrogen) atoms. The number of hydrogen-bond donors (Lipinski definition) is 1. The highest BCUT2D eigenvalue weighted by molar-refractivity contribution is 6.18. The molecule has 0 heterocycles. The lowest BCUT2D eigenvalue weighted by Gasteiger charge is -2.16. The van der Waals surface area contributed by atoms with Crippen LogP contribution in [-0.2, 0) is 0 Å². The molecule has 1 N–H and O–H groups in total. The minimum absolute atomic E-state index is 0.329. The third-order valence-electron chi connectivity index (χ3n) is 1.70. The quantitative estimate of drug-likeness (QED) is 0.600. The van der Waals surface area contributed by atoms with Gasteiger partial charge in [-0.25, -0.2) is 0 Å². The fourth-order valence-corrected chi connectivity index (χ4v) is 1.42. The minimum Gasteiger partial charge on any atom is -0.308 e. The third-order valence-corrected chi connectivity index (χ3v) is 2.22. The van der Waals surface area contributed by atoms with Gasteiger partial charge in [0.25, 0.3) is 0 Å². The smallest absolute Gasteiger partial charge is 0.0406 e. The lowest BCUT2D eigenvalue weighted by Crippen LogP contribution is -2.38. The zero-order valence-electron chi connectivity index (χ0n) is 6.08. The summed E-state index contributed by atoms with van der Waals surface area (Å²) in [7, 11) is 0. The molecule has 2 heteroatoms. The average molecular weight is 148 g/mol. The summed E-state index contributed by atoms with van der Waals surface area (Å²) in [6.45, 7) is 4.32. The van der Waals surface area contributed by atoms with Gasteiger partial charge in [0, 0.05) is 17.5 Å². The van der Waals surface area contributed by atoms with Gasteiger partial charge in [0.05, 0.1) is 0 Å². The predicted molar refractivity (Wildman–Crippen MR) is 41.0 cm³/mol. The first-order valence-corrected chi connectivity index (χ1v) is 4.06. The van der Waals surface area contributed by atoms with Crippen LogP contribution in [-0.4, -0.2) is 17.5 Å². The number of nitrogens with one attached hydrogen (secondary N) is 1. The van der Waals surface area contributed by atoms with Crippen molar-refractivity contribution >= 4 is 11.6 Å². The second-order valence-electron chi connectivity index (χ2n) is 3.21. The second-order valence-corrected chi connectivity index (χ2v) is 3.48. The van der Waals surface area contributed by atoms with E-state index < -0.39 is 0 Å². The van der Waals surface area contributed by atoms with Crippen molar-refractivity contribution in [1.82, 2.24) is 5.32 Å². The van der Waals surface area contributed by atoms with Gasteiger partial charge in [0.1, 0.15) is 0 Å². The molecule has 0 radical (unpaired) electrons. The van der Waals surface area contributed by atoms with Crippen LogP contribution in [0.15, 0.2) is 0 Å². The Morgan fingerprint density at radius 3 is 2.22 bits per heavy atom. The molecule has 1 aliphatic rings. The molecular weight excluding hydrogens is 134 g/mol. The zero-order valence-corrected chi connectivity index (χ0v) is 6.83. The summed E-state index contributed by atoms with van der Waals surface area (Å²) < 4.78 is 0. The number of alkyl halides is 1. The highest BCUT2D eigenvalue weighted by Gasteiger charge is 2.41. The van der Waals surface area contributed by atoms with Gasteiger partial charge in [-0.05, 0) is 12.8 Å². The highest BCUT2D eigenvalue weighted by Crippen LogP contribution is 2.36. The standard InChI is InChI=1S/C7H14ClN/c1-6(2)9-7(5-8)3-4-7/h6,9H,3-5H2,1-2H3. The summed E-state index contributed by atoms with van der Waals surface area (Å²) in [4.78, 5) is 0. The zero-order chi connectivity index (χ0) is 6.91. The van der Waals surface area contributed by atoms with E-state index in [2.05, 4.69) is 19.2 Å². The molecule has 1 saturated carbocycles. The van der Waals surface area contributed by atoms with Crippen molar-refractivity contribution < 1.29 is 0 Å². The first kappa shape index (κ1) is 7.36. The first-order valence-electron chi connectivity index (χ1n) is 3.52. The maximum Gasteiger partial charge on any atom is 0.0406 e. The Bertz CT molecular complexity index is 97.1. The Labute approximate surface area is 61.8 Å². The largest absolute Gasteiger partial charge is 0.308 e. The van der Waals surface area contributed by atoms with E-state index in [0.717, 1.165) is 5.88 Å². The van der Waals surface area contributed by atoms with Crippen LogP contribution in [0.2, 0.25) is 0 Å². The van der Waals surface area contributed by atoms with Crippen LogP contribution in [0.3, 0.4) is 0 Å². The molecule has 0 aromatic carbocycles. The predicted octanol–water partition coefficient (Wildman–Crippen LogP) is 1.76. The second kappa shape index (κ2) is 2.47. The molecule has 0 aromatic rings. The van der Waals surface area contributed by atoms with Crippen LogP contribution in [0, 0.1) is 0 Å². The summed E-state index contributed by atoms with van der Waals surface area (Å²) in [6.07, 6.45) is 2.52. The third kappa shape index (κ3) is 1.84. The lowest BCUT2D eigenvalue weighted by molar-refractivity contribution is 0.481. The number of rotatable bonds is 3. The van der Waals surface area contributed by atoms with Crippen molar-refractivity contribution in [2.45, 2.75) is 38.3 Å². The number of hydrogen-bond acceptors (Lipinski definition) is 1. The Hall–Kier alpha value is 0.250. The molecule has 0 aromatic heterocycles. The summed E-state index contributed by atoms with van der Waals surface area (Å²) in [5, 5.41) is 3.45. The SMILES string of the molecule is CC(C)NC1(CCl)CC1. The fourth-order valence-electron chi connectivity index (χ4n) is 1.08. The van der Waals surface area contributed by atoms with Gasteiger partial charge in [-0.15, -0.1) is 11.6 Å². The van der Waals surface area contributed by atoms with Gasteiger partial charge in [-0.3, -0.25) is 0 Å². The van der Waals surface area contributed by atoms with Crippen molar-refractivity contribution in [2.75, 3.05) is 5.88 Å². The van der Waals surface area contributed by atoms with Gasteiger partial charge in [0.15, 0.2) is 0 Å². The van der Waals surface area contributed by atoms with E-state index in [-0.39, 0.29) is 0 Å². The van der Waals surface area contributed by atoms with Crippen molar-refractivity contribution in [3.05, 3.63) is 0 Å². The van der Waals surface area contributed by atoms with Crippen LogP contribution in [0.4, 0.5) is 0 Å². The normalized spacial score (nSPS) is 22.7. The molecule has 1 fully saturated rings. The first-order chi connectivity index (χ1) is 4.18. The highest BCUT2D eigenvalue weighted by atomic mass is 35.5. The van der Waals surface area contributed by atoms with E-state index in [4.69, 9.17) is 11.6 Å². The van der Waals surface area contributed by atoms with Crippen molar-refractivity contribution in [1.29, 1.82) is 0 Å². The van der Waals surface area contributed by atoms with Crippen molar-refractivity contribution in [3.8, 4) is 0 Å². The molecule has 54 valence electrons. The molecule has 1 aliphatic carbocycles. The fraction of sp³-hybridized carbons (Fsp3) is 1.00. The van der Waals surface area contributed by atoms with Gasteiger partial charge in [0.2, 0.25) is 0 Å². The van der Waals surface area contributed by atoms with Gasteiger partial charge >= 0.3 is 0 Å². The lowest BCUT2D eigenvalue weighted by atomic mass is 10.2. The van der Waals surface area contributed by atoms with E-state index in [9.17, 15) is 0 Å². The van der Waals surface area contributed by atoms with Crippen LogP contribution >= 0.6 is 11.6 Å². The van der Waals surface area contributed by atoms with E-state index in [0.29, 0.717) is 11.6 Å². The molecule has 0 unspecified atom stereocenters. The van der Waals surface area contributed by atoms with Crippen LogP contribution in [0.5, 0.6) is 0 Å². The maximum atomic E-state index is 5.74. The monoisotopic (exact) mass is 147 g/mol. The van der Waals surface area contributed by atoms with Crippen LogP contribution in [0.25, 0.3) is 0 Å². The molecule has 0 saturated heterocycles. The average Bonchev–Trinajstić information content (AvgIpc) is 2.48. The van der Waals surface area contributed by atoms with Crippen LogP contribution < -0.4 is 5.32 Å². The molecule has 0 atom stereocenters. The Balaban J connectivity index is 2.25. The molecule has 1 nitrogen and oxygen atoms in total. The van der Waals surface area contributed by atoms with E-state index >= 15 is 0 Å². The van der Waals surface area contributed by atoms with E-state index in [1.165, 1.54) is 12.8 Å². The summed E-state index contributed by atoms with van der Waals surface area (Å²) in [6, 6.07) is 0.575. The van der Waals surface area contributed by atoms with Crippen molar-refractivity contribution in [2.24, 2.45) is 0 Å². The maximum absolute atomic E-state index is 5.74. The van der Waals surface area contributed by atoms with Gasteiger partial charge < -0.3 is 5.32 Å². The molecular formula is C7H14ClN. The Morgan fingerprint density at radius 2 is 2.11 bits per heavy atom.